The molecule has 1 N–H and O–H groups in total. The van der Waals surface area contributed by atoms with E-state index >= 15 is 0 Å². The quantitative estimate of drug-likeness (QED) is 0.721. The summed E-state index contributed by atoms with van der Waals surface area (Å²) in [7, 11) is 0. The molecule has 0 saturated carbocycles. The minimum absolute atomic E-state index is 0.158. The number of unbranched alkanes of at least 4 members (excludes halogenated alkanes) is 1. The maximum atomic E-state index is 11.5. The highest BCUT2D eigenvalue weighted by molar-refractivity contribution is 8.00. The molecule has 0 aromatic carbocycles. The van der Waals surface area contributed by atoms with Gasteiger partial charge in [-0.05, 0) is 25.0 Å². The molecule has 0 aromatic rings. The Morgan fingerprint density at radius 1 is 1.57 bits per heavy atom. The number of amides is 1. The number of rotatable bonds is 4. The lowest BCUT2D eigenvalue weighted by Crippen LogP contribution is -2.34. The molecule has 78 valence electrons. The lowest BCUT2D eigenvalue weighted by molar-refractivity contribution is -0.120. The van der Waals surface area contributed by atoms with Gasteiger partial charge in [0.2, 0.25) is 5.91 Å². The SMILES string of the molecule is N#CCCCNC(=O)C1CCCCS1. The maximum absolute atomic E-state index is 11.5. The molecule has 0 bridgehead atoms. The third kappa shape index (κ3) is 4.01. The van der Waals surface area contributed by atoms with Crippen molar-refractivity contribution in [2.75, 3.05) is 12.3 Å². The number of hydrogen-bond donors (Lipinski definition) is 1. The van der Waals surface area contributed by atoms with E-state index in [4.69, 9.17) is 5.26 Å². The minimum atomic E-state index is 0.158. The Hall–Kier alpha value is -0.690. The lowest BCUT2D eigenvalue weighted by atomic mass is 10.2. The number of hydrogen-bond acceptors (Lipinski definition) is 3. The second-order valence-corrected chi connectivity index (χ2v) is 4.72. The smallest absolute Gasteiger partial charge is 0.233 e. The van der Waals surface area contributed by atoms with Crippen molar-refractivity contribution in [3.05, 3.63) is 0 Å². The van der Waals surface area contributed by atoms with Crippen molar-refractivity contribution in [3.8, 4) is 6.07 Å². The van der Waals surface area contributed by atoms with Crippen LogP contribution in [0.25, 0.3) is 0 Å². The van der Waals surface area contributed by atoms with Crippen LogP contribution in [0.3, 0.4) is 0 Å². The summed E-state index contributed by atoms with van der Waals surface area (Å²) in [5.41, 5.74) is 0. The fourth-order valence-electron chi connectivity index (χ4n) is 1.44. The van der Waals surface area contributed by atoms with Crippen LogP contribution in [0.1, 0.15) is 32.1 Å². The first-order valence-electron chi connectivity index (χ1n) is 5.11. The first kappa shape index (κ1) is 11.4. The normalized spacial score (nSPS) is 21.2. The van der Waals surface area contributed by atoms with Crippen molar-refractivity contribution in [1.82, 2.24) is 5.32 Å². The topological polar surface area (TPSA) is 52.9 Å². The maximum Gasteiger partial charge on any atom is 0.233 e. The first-order valence-corrected chi connectivity index (χ1v) is 6.15. The molecule has 0 radical (unpaired) electrons. The van der Waals surface area contributed by atoms with Gasteiger partial charge < -0.3 is 5.32 Å². The van der Waals surface area contributed by atoms with Crippen LogP contribution in [0.4, 0.5) is 0 Å². The summed E-state index contributed by atoms with van der Waals surface area (Å²) < 4.78 is 0. The Balaban J connectivity index is 2.11. The monoisotopic (exact) mass is 212 g/mol. The molecule has 1 amide bonds. The molecule has 1 unspecified atom stereocenters. The van der Waals surface area contributed by atoms with Crippen LogP contribution in [0.5, 0.6) is 0 Å². The van der Waals surface area contributed by atoms with Gasteiger partial charge in [0.15, 0.2) is 0 Å². The van der Waals surface area contributed by atoms with Crippen LogP contribution in [-0.4, -0.2) is 23.5 Å². The molecule has 1 heterocycles. The molecule has 0 spiro atoms. The molecule has 4 heteroatoms. The number of nitriles is 1. The van der Waals surface area contributed by atoms with Crippen LogP contribution in [0.2, 0.25) is 0 Å². The average molecular weight is 212 g/mol. The van der Waals surface area contributed by atoms with E-state index < -0.39 is 0 Å². The second kappa shape index (κ2) is 6.72. The van der Waals surface area contributed by atoms with Crippen molar-refractivity contribution in [2.45, 2.75) is 37.4 Å². The Kier molecular flexibility index (Phi) is 5.46. The predicted octanol–water partition coefficient (Wildman–Crippen LogP) is 1.69. The number of nitrogens with zero attached hydrogens (tertiary/aromatic N) is 1. The molecule has 1 saturated heterocycles. The number of carbonyl (C=O) groups excluding carboxylic acids is 1. The average Bonchev–Trinajstić information content (AvgIpc) is 2.25. The van der Waals surface area contributed by atoms with Gasteiger partial charge in [0.1, 0.15) is 0 Å². The second-order valence-electron chi connectivity index (χ2n) is 3.41. The van der Waals surface area contributed by atoms with E-state index in [0.29, 0.717) is 13.0 Å². The Morgan fingerprint density at radius 3 is 3.07 bits per heavy atom. The van der Waals surface area contributed by atoms with Crippen molar-refractivity contribution in [2.24, 2.45) is 0 Å². The minimum Gasteiger partial charge on any atom is -0.355 e. The summed E-state index contributed by atoms with van der Waals surface area (Å²) in [5.74, 6) is 1.27. The van der Waals surface area contributed by atoms with Crippen molar-refractivity contribution >= 4 is 17.7 Å². The van der Waals surface area contributed by atoms with Gasteiger partial charge in [-0.1, -0.05) is 6.42 Å². The van der Waals surface area contributed by atoms with Crippen LogP contribution in [-0.2, 0) is 4.79 Å². The summed E-state index contributed by atoms with van der Waals surface area (Å²) in [6, 6.07) is 2.06. The van der Waals surface area contributed by atoms with Crippen LogP contribution in [0, 0.1) is 11.3 Å². The van der Waals surface area contributed by atoms with Crippen molar-refractivity contribution < 1.29 is 4.79 Å². The molecule has 1 aliphatic heterocycles. The Morgan fingerprint density at radius 2 is 2.43 bits per heavy atom. The molecule has 1 atom stereocenters. The predicted molar refractivity (Wildman–Crippen MR) is 58.0 cm³/mol. The highest BCUT2D eigenvalue weighted by Crippen LogP contribution is 2.24. The third-order valence-corrected chi connectivity index (χ3v) is 3.61. The van der Waals surface area contributed by atoms with E-state index in [9.17, 15) is 4.79 Å². The lowest BCUT2D eigenvalue weighted by Gasteiger charge is -2.20. The van der Waals surface area contributed by atoms with E-state index in [2.05, 4.69) is 11.4 Å². The van der Waals surface area contributed by atoms with Gasteiger partial charge in [0, 0.05) is 13.0 Å². The van der Waals surface area contributed by atoms with E-state index in [1.165, 1.54) is 12.8 Å². The van der Waals surface area contributed by atoms with E-state index in [1.807, 2.05) is 0 Å². The summed E-state index contributed by atoms with van der Waals surface area (Å²) in [6.07, 6.45) is 4.71. The summed E-state index contributed by atoms with van der Waals surface area (Å²) in [5, 5.41) is 11.3. The third-order valence-electron chi connectivity index (χ3n) is 2.24. The van der Waals surface area contributed by atoms with E-state index in [0.717, 1.165) is 18.6 Å². The molecule has 14 heavy (non-hydrogen) atoms. The van der Waals surface area contributed by atoms with E-state index in [1.54, 1.807) is 11.8 Å². The van der Waals surface area contributed by atoms with Gasteiger partial charge in [-0.25, -0.2) is 0 Å². The summed E-state index contributed by atoms with van der Waals surface area (Å²) in [6.45, 7) is 0.642. The standard InChI is InChI=1S/C10H16N2OS/c11-6-2-3-7-12-10(13)9-5-1-4-8-14-9/h9H,1-5,7-8H2,(H,12,13). The van der Waals surface area contributed by atoms with Gasteiger partial charge >= 0.3 is 0 Å². The molecule has 1 aliphatic rings. The molecular formula is C10H16N2OS. The van der Waals surface area contributed by atoms with Crippen molar-refractivity contribution in [3.63, 3.8) is 0 Å². The fraction of sp³-hybridized carbons (Fsp3) is 0.800. The highest BCUT2D eigenvalue weighted by atomic mass is 32.2. The zero-order valence-corrected chi connectivity index (χ0v) is 9.11. The molecule has 1 fully saturated rings. The van der Waals surface area contributed by atoms with Gasteiger partial charge in [-0.2, -0.15) is 5.26 Å². The summed E-state index contributed by atoms with van der Waals surface area (Å²) in [4.78, 5) is 11.5. The number of carbonyl (C=O) groups is 1. The molecule has 0 aromatic heterocycles. The number of nitrogens with one attached hydrogen (secondary N) is 1. The molecular weight excluding hydrogens is 196 g/mol. The Labute approximate surface area is 89.2 Å². The van der Waals surface area contributed by atoms with Crippen LogP contribution in [0.15, 0.2) is 0 Å². The number of thioether (sulfide) groups is 1. The zero-order chi connectivity index (χ0) is 10.2. The largest absolute Gasteiger partial charge is 0.355 e. The van der Waals surface area contributed by atoms with Crippen LogP contribution < -0.4 is 5.32 Å². The molecule has 3 nitrogen and oxygen atoms in total. The zero-order valence-electron chi connectivity index (χ0n) is 8.29. The van der Waals surface area contributed by atoms with Gasteiger partial charge in [0.25, 0.3) is 0 Å². The van der Waals surface area contributed by atoms with Crippen molar-refractivity contribution in [1.29, 1.82) is 5.26 Å². The first-order chi connectivity index (χ1) is 6.84. The van der Waals surface area contributed by atoms with E-state index in [-0.39, 0.29) is 11.2 Å². The van der Waals surface area contributed by atoms with Gasteiger partial charge in [-0.15, -0.1) is 11.8 Å². The Bertz CT molecular complexity index is 219. The highest BCUT2D eigenvalue weighted by Gasteiger charge is 2.20. The fourth-order valence-corrected chi connectivity index (χ4v) is 2.66. The van der Waals surface area contributed by atoms with Crippen LogP contribution >= 0.6 is 11.8 Å². The summed E-state index contributed by atoms with van der Waals surface area (Å²) >= 11 is 1.76. The molecule has 0 aliphatic carbocycles. The van der Waals surface area contributed by atoms with Gasteiger partial charge in [-0.3, -0.25) is 4.79 Å². The molecule has 1 rings (SSSR count). The van der Waals surface area contributed by atoms with Gasteiger partial charge in [0.05, 0.1) is 11.3 Å².